The predicted octanol–water partition coefficient (Wildman–Crippen LogP) is 5.48. The van der Waals surface area contributed by atoms with Gasteiger partial charge >= 0.3 is 0 Å². The summed E-state index contributed by atoms with van der Waals surface area (Å²) >= 11 is 0. The van der Waals surface area contributed by atoms with Gasteiger partial charge in [-0.25, -0.2) is 0 Å². The fourth-order valence-corrected chi connectivity index (χ4v) is 3.68. The normalized spacial score (nSPS) is 18.9. The highest BCUT2D eigenvalue weighted by molar-refractivity contribution is 5.56. The zero-order chi connectivity index (χ0) is 19.9. The molecule has 148 valence electrons. The van der Waals surface area contributed by atoms with Gasteiger partial charge < -0.3 is 18.9 Å². The molecular weight excluding hydrogens is 352 g/mol. The predicted molar refractivity (Wildman–Crippen MR) is 113 cm³/mol. The van der Waals surface area contributed by atoms with Crippen LogP contribution in [-0.2, 0) is 0 Å². The van der Waals surface area contributed by atoms with Crippen LogP contribution in [0.3, 0.4) is 0 Å². The molecule has 4 nitrogen and oxygen atoms in total. The van der Waals surface area contributed by atoms with Crippen molar-refractivity contribution in [2.75, 3.05) is 28.4 Å². The Morgan fingerprint density at radius 3 is 2.11 bits per heavy atom. The molecule has 0 aliphatic heterocycles. The number of benzene rings is 2. The Balaban J connectivity index is 1.85. The Morgan fingerprint density at radius 1 is 0.786 bits per heavy atom. The fraction of sp³-hybridized carbons (Fsp3) is 0.333. The molecule has 2 aromatic rings. The molecule has 28 heavy (non-hydrogen) atoms. The maximum absolute atomic E-state index is 5.49. The molecule has 0 spiro atoms. The first-order chi connectivity index (χ1) is 13.7. The lowest BCUT2D eigenvalue weighted by Crippen LogP contribution is -2.12. The summed E-state index contributed by atoms with van der Waals surface area (Å²) in [4.78, 5) is 0. The minimum Gasteiger partial charge on any atom is -0.493 e. The molecule has 0 saturated carbocycles. The van der Waals surface area contributed by atoms with Gasteiger partial charge in [0.2, 0.25) is 0 Å². The van der Waals surface area contributed by atoms with E-state index < -0.39 is 0 Å². The summed E-state index contributed by atoms with van der Waals surface area (Å²) in [7, 11) is 6.64. The van der Waals surface area contributed by atoms with Crippen LogP contribution in [0.4, 0.5) is 0 Å². The molecule has 2 atom stereocenters. The van der Waals surface area contributed by atoms with Crippen LogP contribution in [0.2, 0.25) is 0 Å². The first kappa shape index (κ1) is 19.9. The summed E-state index contributed by atoms with van der Waals surface area (Å²) in [6.07, 6.45) is 11.2. The van der Waals surface area contributed by atoms with Gasteiger partial charge in [0.05, 0.1) is 28.4 Å². The van der Waals surface area contributed by atoms with Crippen LogP contribution in [0.1, 0.15) is 29.9 Å². The van der Waals surface area contributed by atoms with Crippen LogP contribution in [-0.4, -0.2) is 28.4 Å². The summed E-state index contributed by atoms with van der Waals surface area (Å²) in [6.45, 7) is 0. The first-order valence-corrected chi connectivity index (χ1v) is 9.49. The molecule has 4 heteroatoms. The van der Waals surface area contributed by atoms with Gasteiger partial charge in [0.1, 0.15) is 0 Å². The quantitative estimate of drug-likeness (QED) is 0.596. The van der Waals surface area contributed by atoms with Gasteiger partial charge in [-0.2, -0.15) is 0 Å². The van der Waals surface area contributed by atoms with Crippen LogP contribution < -0.4 is 18.9 Å². The molecule has 0 unspecified atom stereocenters. The van der Waals surface area contributed by atoms with E-state index in [2.05, 4.69) is 36.4 Å². The molecule has 1 aliphatic rings. The lowest BCUT2D eigenvalue weighted by atomic mass is 9.79. The van der Waals surface area contributed by atoms with Crippen molar-refractivity contribution >= 4 is 6.08 Å². The summed E-state index contributed by atoms with van der Waals surface area (Å²) in [5.41, 5.74) is 2.33. The van der Waals surface area contributed by atoms with Gasteiger partial charge in [0.15, 0.2) is 23.0 Å². The van der Waals surface area contributed by atoms with Crippen LogP contribution in [0.25, 0.3) is 6.08 Å². The van der Waals surface area contributed by atoms with E-state index in [0.717, 1.165) is 41.4 Å². The summed E-state index contributed by atoms with van der Waals surface area (Å²) in [5.74, 6) is 3.72. The molecule has 0 bridgehead atoms. The number of methoxy groups -OCH3 is 4. The highest BCUT2D eigenvalue weighted by atomic mass is 16.5. The molecule has 0 radical (unpaired) electrons. The van der Waals surface area contributed by atoms with E-state index >= 15 is 0 Å². The van der Waals surface area contributed by atoms with E-state index in [9.17, 15) is 0 Å². The molecule has 0 fully saturated rings. The monoisotopic (exact) mass is 380 g/mol. The number of ether oxygens (including phenoxy) is 4. The van der Waals surface area contributed by atoms with Crippen molar-refractivity contribution in [1.29, 1.82) is 0 Å². The molecule has 0 amide bonds. The number of allylic oxidation sites excluding steroid dienone is 3. The zero-order valence-electron chi connectivity index (χ0n) is 17.0. The standard InChI is InChI=1S/C24H28O4/c1-25-21-13-10-17(15-23(21)27-3)9-11-18-7-5-6-8-20(18)19-12-14-22(26-2)24(16-19)28-4/h6,8-16,18,20H,5,7H2,1-4H3/b11-9+/t18-,20-/m0/s1. The molecule has 0 saturated heterocycles. The Hall–Kier alpha value is -2.88. The van der Waals surface area contributed by atoms with Crippen molar-refractivity contribution in [2.45, 2.75) is 18.8 Å². The largest absolute Gasteiger partial charge is 0.493 e. The highest BCUT2D eigenvalue weighted by Gasteiger charge is 2.22. The second kappa shape index (κ2) is 9.36. The van der Waals surface area contributed by atoms with Gasteiger partial charge in [-0.1, -0.05) is 36.4 Å². The molecule has 2 aromatic carbocycles. The third-order valence-electron chi connectivity index (χ3n) is 5.21. The Morgan fingerprint density at radius 2 is 1.43 bits per heavy atom. The van der Waals surface area contributed by atoms with Gasteiger partial charge in [-0.05, 0) is 54.2 Å². The number of rotatable bonds is 7. The number of hydrogen-bond acceptors (Lipinski definition) is 4. The molecule has 0 heterocycles. The third-order valence-corrected chi connectivity index (χ3v) is 5.21. The zero-order valence-corrected chi connectivity index (χ0v) is 17.0. The molecule has 1 aliphatic carbocycles. The topological polar surface area (TPSA) is 36.9 Å². The Labute approximate surface area is 167 Å². The van der Waals surface area contributed by atoms with Crippen LogP contribution in [0.15, 0.2) is 54.6 Å². The fourth-order valence-electron chi connectivity index (χ4n) is 3.68. The number of hydrogen-bond donors (Lipinski definition) is 0. The minimum absolute atomic E-state index is 0.310. The Bertz CT molecular complexity index is 854. The van der Waals surface area contributed by atoms with Gasteiger partial charge in [-0.15, -0.1) is 0 Å². The average Bonchev–Trinajstić information content (AvgIpc) is 2.77. The summed E-state index contributed by atoms with van der Waals surface area (Å²) < 4.78 is 21.6. The van der Waals surface area contributed by atoms with E-state index in [1.165, 1.54) is 5.56 Å². The van der Waals surface area contributed by atoms with E-state index in [1.54, 1.807) is 28.4 Å². The van der Waals surface area contributed by atoms with Gasteiger partial charge in [0.25, 0.3) is 0 Å². The van der Waals surface area contributed by atoms with Crippen molar-refractivity contribution in [2.24, 2.45) is 5.92 Å². The minimum atomic E-state index is 0.310. The van der Waals surface area contributed by atoms with Crippen molar-refractivity contribution in [3.05, 3.63) is 65.8 Å². The van der Waals surface area contributed by atoms with Crippen LogP contribution >= 0.6 is 0 Å². The summed E-state index contributed by atoms with van der Waals surface area (Å²) in [5, 5.41) is 0. The van der Waals surface area contributed by atoms with Crippen molar-refractivity contribution < 1.29 is 18.9 Å². The van der Waals surface area contributed by atoms with E-state index in [1.807, 2.05) is 24.3 Å². The SMILES string of the molecule is COc1ccc(/C=C/[C@@H]2CCC=C[C@@H]2c2ccc(OC)c(OC)c2)cc1OC. The molecule has 0 aromatic heterocycles. The smallest absolute Gasteiger partial charge is 0.161 e. The van der Waals surface area contributed by atoms with E-state index in [0.29, 0.717) is 11.8 Å². The third kappa shape index (κ3) is 4.33. The van der Waals surface area contributed by atoms with E-state index in [4.69, 9.17) is 18.9 Å². The van der Waals surface area contributed by atoms with Crippen LogP contribution in [0.5, 0.6) is 23.0 Å². The molecule has 0 N–H and O–H groups in total. The Kier molecular flexibility index (Phi) is 6.64. The first-order valence-electron chi connectivity index (χ1n) is 9.49. The molecular formula is C24H28O4. The second-order valence-corrected chi connectivity index (χ2v) is 6.78. The molecule has 3 rings (SSSR count). The summed E-state index contributed by atoms with van der Waals surface area (Å²) in [6, 6.07) is 12.2. The lowest BCUT2D eigenvalue weighted by Gasteiger charge is -2.26. The van der Waals surface area contributed by atoms with Crippen molar-refractivity contribution in [1.82, 2.24) is 0 Å². The lowest BCUT2D eigenvalue weighted by molar-refractivity contribution is 0.354. The van der Waals surface area contributed by atoms with E-state index in [-0.39, 0.29) is 0 Å². The van der Waals surface area contributed by atoms with Gasteiger partial charge in [0, 0.05) is 5.92 Å². The average molecular weight is 380 g/mol. The van der Waals surface area contributed by atoms with Crippen molar-refractivity contribution in [3.63, 3.8) is 0 Å². The van der Waals surface area contributed by atoms with Crippen molar-refractivity contribution in [3.8, 4) is 23.0 Å². The maximum Gasteiger partial charge on any atom is 0.161 e. The highest BCUT2D eigenvalue weighted by Crippen LogP contribution is 2.39. The maximum atomic E-state index is 5.49. The van der Waals surface area contributed by atoms with Crippen LogP contribution in [0, 0.1) is 5.92 Å². The second-order valence-electron chi connectivity index (χ2n) is 6.78. The van der Waals surface area contributed by atoms with Gasteiger partial charge in [-0.3, -0.25) is 0 Å².